The van der Waals surface area contributed by atoms with Crippen LogP contribution in [0.1, 0.15) is 25.3 Å². The molecule has 88 valence electrons. The van der Waals surface area contributed by atoms with E-state index in [1.807, 2.05) is 18.5 Å². The fourth-order valence-corrected chi connectivity index (χ4v) is 2.85. The van der Waals surface area contributed by atoms with Crippen molar-refractivity contribution in [3.8, 4) is 0 Å². The summed E-state index contributed by atoms with van der Waals surface area (Å²) < 4.78 is 0. The zero-order chi connectivity index (χ0) is 11.4. The summed E-state index contributed by atoms with van der Waals surface area (Å²) in [7, 11) is 0. The molecular weight excluding hydrogens is 264 g/mol. The van der Waals surface area contributed by atoms with E-state index in [-0.39, 0.29) is 0 Å². The first kappa shape index (κ1) is 12.1. The number of likely N-dealkylation sites (tertiary alicyclic amines) is 1. The van der Waals surface area contributed by atoms with Gasteiger partial charge < -0.3 is 0 Å². The Labute approximate surface area is 106 Å². The van der Waals surface area contributed by atoms with Crippen LogP contribution in [0.4, 0.5) is 0 Å². The number of hydrogen-bond acceptors (Lipinski definition) is 2. The maximum absolute atomic E-state index is 4.16. The topological polar surface area (TPSA) is 16.1 Å². The molecule has 1 fully saturated rings. The number of halogens is 1. The van der Waals surface area contributed by atoms with Crippen LogP contribution in [0.25, 0.3) is 0 Å². The molecule has 0 saturated carbocycles. The van der Waals surface area contributed by atoms with E-state index in [2.05, 4.69) is 38.8 Å². The van der Waals surface area contributed by atoms with Gasteiger partial charge in [0, 0.05) is 23.8 Å². The number of alkyl halides is 1. The predicted octanol–water partition coefficient (Wildman–Crippen LogP) is 3.08. The summed E-state index contributed by atoms with van der Waals surface area (Å²) in [6.07, 6.45) is 6.43. The molecule has 1 aromatic heterocycles. The third-order valence-electron chi connectivity index (χ3n) is 3.41. The molecular formula is C13H19BrN2. The molecule has 1 aromatic rings. The van der Waals surface area contributed by atoms with Crippen molar-refractivity contribution in [2.24, 2.45) is 5.92 Å². The normalized spacial score (nSPS) is 20.9. The number of nitrogens with zero attached hydrogens (tertiary/aromatic N) is 2. The molecule has 2 nitrogen and oxygen atoms in total. The van der Waals surface area contributed by atoms with Crippen LogP contribution < -0.4 is 0 Å². The molecule has 2 rings (SSSR count). The molecule has 1 aliphatic rings. The molecule has 0 amide bonds. The van der Waals surface area contributed by atoms with E-state index < -0.39 is 0 Å². The third kappa shape index (κ3) is 3.29. The average Bonchev–Trinajstić information content (AvgIpc) is 2.31. The lowest BCUT2D eigenvalue weighted by molar-refractivity contribution is 0.178. The number of piperidine rings is 1. The molecule has 0 spiro atoms. The minimum atomic E-state index is 0.660. The molecule has 3 heteroatoms. The second-order valence-corrected chi connectivity index (χ2v) is 6.10. The SMILES string of the molecule is CC(Br)C1CCN(Cc2cccnc2)CC1. The van der Waals surface area contributed by atoms with Crippen LogP contribution in [-0.4, -0.2) is 27.8 Å². The maximum atomic E-state index is 4.16. The molecule has 0 aromatic carbocycles. The maximum Gasteiger partial charge on any atom is 0.0312 e. The molecule has 1 aliphatic heterocycles. The van der Waals surface area contributed by atoms with Crippen LogP contribution in [0.15, 0.2) is 24.5 Å². The van der Waals surface area contributed by atoms with Gasteiger partial charge >= 0.3 is 0 Å². The second-order valence-electron chi connectivity index (χ2n) is 4.65. The fraction of sp³-hybridized carbons (Fsp3) is 0.615. The Morgan fingerprint density at radius 3 is 2.81 bits per heavy atom. The first-order valence-electron chi connectivity index (χ1n) is 6.01. The molecule has 1 unspecified atom stereocenters. The lowest BCUT2D eigenvalue weighted by Crippen LogP contribution is -2.35. The average molecular weight is 283 g/mol. The van der Waals surface area contributed by atoms with E-state index in [1.165, 1.54) is 31.5 Å². The standard InChI is InChI=1S/C13H19BrN2/c1-11(14)13-4-7-16(8-5-13)10-12-3-2-6-15-9-12/h2-3,6,9,11,13H,4-5,7-8,10H2,1H3. The Morgan fingerprint density at radius 1 is 1.50 bits per heavy atom. The Balaban J connectivity index is 1.82. The first-order valence-corrected chi connectivity index (χ1v) is 6.92. The Bertz CT molecular complexity index is 305. The molecule has 16 heavy (non-hydrogen) atoms. The highest BCUT2D eigenvalue weighted by Crippen LogP contribution is 2.25. The van der Waals surface area contributed by atoms with Gasteiger partial charge in [-0.25, -0.2) is 0 Å². The van der Waals surface area contributed by atoms with Crippen LogP contribution in [0.3, 0.4) is 0 Å². The van der Waals surface area contributed by atoms with Crippen molar-refractivity contribution in [2.75, 3.05) is 13.1 Å². The van der Waals surface area contributed by atoms with E-state index in [0.29, 0.717) is 4.83 Å². The van der Waals surface area contributed by atoms with E-state index in [0.717, 1.165) is 12.5 Å². The van der Waals surface area contributed by atoms with Crippen molar-refractivity contribution in [1.29, 1.82) is 0 Å². The highest BCUT2D eigenvalue weighted by atomic mass is 79.9. The number of pyridine rings is 1. The predicted molar refractivity (Wildman–Crippen MR) is 70.6 cm³/mol. The zero-order valence-electron chi connectivity index (χ0n) is 9.77. The Kier molecular flexibility index (Phi) is 4.36. The van der Waals surface area contributed by atoms with Gasteiger partial charge in [-0.05, 0) is 43.5 Å². The zero-order valence-corrected chi connectivity index (χ0v) is 11.4. The van der Waals surface area contributed by atoms with Gasteiger partial charge in [-0.1, -0.05) is 28.9 Å². The van der Waals surface area contributed by atoms with Crippen molar-refractivity contribution < 1.29 is 0 Å². The fourth-order valence-electron chi connectivity index (χ4n) is 2.32. The second kappa shape index (κ2) is 5.78. The summed E-state index contributed by atoms with van der Waals surface area (Å²) in [5, 5.41) is 0. The van der Waals surface area contributed by atoms with Gasteiger partial charge in [-0.15, -0.1) is 0 Å². The Hall–Kier alpha value is -0.410. The summed E-state index contributed by atoms with van der Waals surface area (Å²) in [5.74, 6) is 0.852. The number of rotatable bonds is 3. The van der Waals surface area contributed by atoms with Gasteiger partial charge in [-0.3, -0.25) is 9.88 Å². The van der Waals surface area contributed by atoms with Crippen molar-refractivity contribution >= 4 is 15.9 Å². The first-order chi connectivity index (χ1) is 7.75. The summed E-state index contributed by atoms with van der Waals surface area (Å²) in [6.45, 7) is 5.75. The van der Waals surface area contributed by atoms with Crippen molar-refractivity contribution in [1.82, 2.24) is 9.88 Å². The van der Waals surface area contributed by atoms with E-state index in [4.69, 9.17) is 0 Å². The molecule has 1 saturated heterocycles. The summed E-state index contributed by atoms with van der Waals surface area (Å²) in [6, 6.07) is 4.18. The molecule has 0 aliphatic carbocycles. The highest BCUT2D eigenvalue weighted by molar-refractivity contribution is 9.09. The van der Waals surface area contributed by atoms with Crippen LogP contribution in [0, 0.1) is 5.92 Å². The van der Waals surface area contributed by atoms with Crippen molar-refractivity contribution in [3.63, 3.8) is 0 Å². The van der Waals surface area contributed by atoms with Gasteiger partial charge in [0.2, 0.25) is 0 Å². The van der Waals surface area contributed by atoms with E-state index >= 15 is 0 Å². The van der Waals surface area contributed by atoms with E-state index in [1.54, 1.807) is 0 Å². The highest BCUT2D eigenvalue weighted by Gasteiger charge is 2.22. The van der Waals surface area contributed by atoms with Gasteiger partial charge in [0.25, 0.3) is 0 Å². The van der Waals surface area contributed by atoms with Crippen molar-refractivity contribution in [2.45, 2.75) is 31.1 Å². The molecule has 0 N–H and O–H groups in total. The molecule has 2 heterocycles. The summed E-state index contributed by atoms with van der Waals surface area (Å²) >= 11 is 3.69. The minimum Gasteiger partial charge on any atom is -0.299 e. The largest absolute Gasteiger partial charge is 0.299 e. The van der Waals surface area contributed by atoms with Crippen molar-refractivity contribution in [3.05, 3.63) is 30.1 Å². The molecule has 0 bridgehead atoms. The Morgan fingerprint density at radius 2 is 2.25 bits per heavy atom. The summed E-state index contributed by atoms with van der Waals surface area (Å²) in [4.78, 5) is 7.35. The molecule has 0 radical (unpaired) electrons. The lowest BCUT2D eigenvalue weighted by atomic mass is 9.94. The number of hydrogen-bond donors (Lipinski definition) is 0. The third-order valence-corrected chi connectivity index (χ3v) is 4.16. The van der Waals surface area contributed by atoms with Gasteiger partial charge in [0.15, 0.2) is 0 Å². The monoisotopic (exact) mass is 282 g/mol. The van der Waals surface area contributed by atoms with Crippen LogP contribution in [0.2, 0.25) is 0 Å². The number of aromatic nitrogens is 1. The van der Waals surface area contributed by atoms with Crippen LogP contribution in [-0.2, 0) is 6.54 Å². The van der Waals surface area contributed by atoms with Crippen LogP contribution >= 0.6 is 15.9 Å². The minimum absolute atomic E-state index is 0.660. The van der Waals surface area contributed by atoms with Gasteiger partial charge in [0.1, 0.15) is 0 Å². The van der Waals surface area contributed by atoms with Crippen LogP contribution in [0.5, 0.6) is 0 Å². The molecule has 1 atom stereocenters. The lowest BCUT2D eigenvalue weighted by Gasteiger charge is -2.33. The smallest absolute Gasteiger partial charge is 0.0312 e. The van der Waals surface area contributed by atoms with Gasteiger partial charge in [0.05, 0.1) is 0 Å². The summed E-state index contributed by atoms with van der Waals surface area (Å²) in [5.41, 5.74) is 1.33. The van der Waals surface area contributed by atoms with E-state index in [9.17, 15) is 0 Å². The van der Waals surface area contributed by atoms with Gasteiger partial charge in [-0.2, -0.15) is 0 Å². The quantitative estimate of drug-likeness (QED) is 0.792.